The number of halogens is 2. The number of fused-ring (bicyclic) bond motifs is 1. The summed E-state index contributed by atoms with van der Waals surface area (Å²) in [5.41, 5.74) is 7.32. The zero-order valence-corrected chi connectivity index (χ0v) is 10.5. The van der Waals surface area contributed by atoms with Gasteiger partial charge < -0.3 is 5.73 Å². The summed E-state index contributed by atoms with van der Waals surface area (Å²) in [6.45, 7) is 0. The number of hydrogen-bond donors (Lipinski definition) is 1. The molecule has 3 rings (SSSR count). The number of nitrogens with two attached hydrogens (primary N) is 1. The third-order valence-electron chi connectivity index (χ3n) is 4.11. The molecule has 0 aliphatic heterocycles. The Morgan fingerprint density at radius 1 is 1.12 bits per heavy atom. The number of rotatable bonds is 2. The maximum atomic E-state index is 6.31. The largest absolute Gasteiger partial charge is 0.324 e. The lowest BCUT2D eigenvalue weighted by molar-refractivity contribution is 0.404. The molecule has 0 bridgehead atoms. The fourth-order valence-corrected chi connectivity index (χ4v) is 3.50. The van der Waals surface area contributed by atoms with Crippen LogP contribution < -0.4 is 5.73 Å². The minimum Gasteiger partial charge on any atom is -0.324 e. The van der Waals surface area contributed by atoms with Crippen molar-refractivity contribution in [2.24, 2.45) is 23.5 Å². The van der Waals surface area contributed by atoms with Gasteiger partial charge in [0.15, 0.2) is 0 Å². The quantitative estimate of drug-likeness (QED) is 0.849. The predicted octanol–water partition coefficient (Wildman–Crippen LogP) is 4.04. The first-order chi connectivity index (χ1) is 7.65. The molecule has 2 N–H and O–H groups in total. The van der Waals surface area contributed by atoms with Gasteiger partial charge in [-0.2, -0.15) is 0 Å². The molecule has 0 heterocycles. The molecule has 2 saturated carbocycles. The summed E-state index contributed by atoms with van der Waals surface area (Å²) >= 11 is 12.2. The van der Waals surface area contributed by atoms with Crippen molar-refractivity contribution >= 4 is 23.2 Å². The average molecular weight is 256 g/mol. The van der Waals surface area contributed by atoms with Crippen molar-refractivity contribution in [1.29, 1.82) is 0 Å². The third-order valence-corrected chi connectivity index (χ3v) is 4.68. The molecule has 2 aliphatic rings. The Morgan fingerprint density at radius 2 is 1.81 bits per heavy atom. The van der Waals surface area contributed by atoms with Crippen molar-refractivity contribution in [3.8, 4) is 0 Å². The van der Waals surface area contributed by atoms with Crippen molar-refractivity contribution < 1.29 is 0 Å². The summed E-state index contributed by atoms with van der Waals surface area (Å²) in [5.74, 6) is 2.50. The van der Waals surface area contributed by atoms with Gasteiger partial charge in [0, 0.05) is 16.1 Å². The van der Waals surface area contributed by atoms with Crippen molar-refractivity contribution in [3.63, 3.8) is 0 Å². The van der Waals surface area contributed by atoms with E-state index >= 15 is 0 Å². The van der Waals surface area contributed by atoms with Crippen LogP contribution in [0.2, 0.25) is 10.0 Å². The van der Waals surface area contributed by atoms with E-state index in [0.717, 1.165) is 27.4 Å². The Balaban J connectivity index is 1.82. The van der Waals surface area contributed by atoms with Crippen LogP contribution in [0.1, 0.15) is 30.9 Å². The Bertz CT molecular complexity index is 408. The van der Waals surface area contributed by atoms with Crippen molar-refractivity contribution in [2.75, 3.05) is 0 Å². The summed E-state index contributed by atoms with van der Waals surface area (Å²) in [6, 6.07) is 5.62. The minimum absolute atomic E-state index is 0.0546. The van der Waals surface area contributed by atoms with E-state index in [0.29, 0.717) is 5.92 Å². The van der Waals surface area contributed by atoms with E-state index in [1.165, 1.54) is 19.3 Å². The van der Waals surface area contributed by atoms with Gasteiger partial charge in [0.25, 0.3) is 0 Å². The zero-order chi connectivity index (χ0) is 11.3. The first-order valence-electron chi connectivity index (χ1n) is 5.85. The zero-order valence-electron chi connectivity index (χ0n) is 9.00. The second-order valence-electron chi connectivity index (χ2n) is 5.18. The predicted molar refractivity (Wildman–Crippen MR) is 67.7 cm³/mol. The van der Waals surface area contributed by atoms with Gasteiger partial charge in [0.2, 0.25) is 0 Å². The molecule has 0 radical (unpaired) electrons. The smallest absolute Gasteiger partial charge is 0.0454 e. The van der Waals surface area contributed by atoms with Gasteiger partial charge in [-0.05, 0) is 60.8 Å². The average Bonchev–Trinajstić information content (AvgIpc) is 2.88. The van der Waals surface area contributed by atoms with Crippen LogP contribution in [0.15, 0.2) is 18.2 Å². The fourth-order valence-electron chi connectivity index (χ4n) is 3.08. The Morgan fingerprint density at radius 3 is 2.50 bits per heavy atom. The van der Waals surface area contributed by atoms with E-state index in [1.807, 2.05) is 18.2 Å². The van der Waals surface area contributed by atoms with Gasteiger partial charge in [0.1, 0.15) is 0 Å². The Kier molecular flexibility index (Phi) is 2.66. The van der Waals surface area contributed by atoms with E-state index in [-0.39, 0.29) is 6.04 Å². The number of hydrogen-bond acceptors (Lipinski definition) is 1. The molecule has 0 aromatic heterocycles. The van der Waals surface area contributed by atoms with E-state index in [2.05, 4.69) is 0 Å². The summed E-state index contributed by atoms with van der Waals surface area (Å²) in [4.78, 5) is 0. The molecule has 1 nitrogen and oxygen atoms in total. The molecule has 0 amide bonds. The van der Waals surface area contributed by atoms with Gasteiger partial charge >= 0.3 is 0 Å². The molecule has 16 heavy (non-hydrogen) atoms. The lowest BCUT2D eigenvalue weighted by Gasteiger charge is -2.22. The van der Waals surface area contributed by atoms with E-state index < -0.39 is 0 Å². The van der Waals surface area contributed by atoms with Crippen LogP contribution in [-0.4, -0.2) is 0 Å². The van der Waals surface area contributed by atoms with Gasteiger partial charge in [-0.15, -0.1) is 0 Å². The second kappa shape index (κ2) is 3.90. The molecule has 1 aromatic rings. The minimum atomic E-state index is 0.0546. The highest BCUT2D eigenvalue weighted by Crippen LogP contribution is 2.57. The molecule has 2 fully saturated rings. The van der Waals surface area contributed by atoms with Crippen LogP contribution in [0.25, 0.3) is 0 Å². The molecule has 3 unspecified atom stereocenters. The molecule has 0 saturated heterocycles. The maximum absolute atomic E-state index is 6.31. The lowest BCUT2D eigenvalue weighted by Crippen LogP contribution is -2.20. The highest BCUT2D eigenvalue weighted by molar-refractivity contribution is 6.33. The Labute approximate surface area is 106 Å². The van der Waals surface area contributed by atoms with E-state index in [4.69, 9.17) is 28.9 Å². The normalized spacial score (nSPS) is 33.6. The Hall–Kier alpha value is -0.240. The molecular weight excluding hydrogens is 241 g/mol. The topological polar surface area (TPSA) is 26.0 Å². The summed E-state index contributed by atoms with van der Waals surface area (Å²) in [7, 11) is 0. The number of benzene rings is 1. The summed E-state index contributed by atoms with van der Waals surface area (Å²) in [5, 5.41) is 1.47. The van der Waals surface area contributed by atoms with Crippen LogP contribution in [-0.2, 0) is 0 Å². The summed E-state index contributed by atoms with van der Waals surface area (Å²) in [6.07, 6.45) is 3.97. The van der Waals surface area contributed by atoms with Gasteiger partial charge in [-0.3, -0.25) is 0 Å². The van der Waals surface area contributed by atoms with Gasteiger partial charge in [0.05, 0.1) is 0 Å². The van der Waals surface area contributed by atoms with Gasteiger partial charge in [-0.1, -0.05) is 23.2 Å². The van der Waals surface area contributed by atoms with Crippen LogP contribution >= 0.6 is 23.2 Å². The SMILES string of the molecule is NC(c1cc(Cl)ccc1Cl)C1CC2CC2C1. The molecule has 2 aliphatic carbocycles. The maximum Gasteiger partial charge on any atom is 0.0454 e. The van der Waals surface area contributed by atoms with Crippen molar-refractivity contribution in [3.05, 3.63) is 33.8 Å². The summed E-state index contributed by atoms with van der Waals surface area (Å²) < 4.78 is 0. The molecule has 3 heteroatoms. The van der Waals surface area contributed by atoms with Crippen LogP contribution in [0.3, 0.4) is 0 Å². The third kappa shape index (κ3) is 1.85. The monoisotopic (exact) mass is 255 g/mol. The van der Waals surface area contributed by atoms with Crippen LogP contribution in [0.5, 0.6) is 0 Å². The van der Waals surface area contributed by atoms with Crippen molar-refractivity contribution in [1.82, 2.24) is 0 Å². The first kappa shape index (κ1) is 10.9. The van der Waals surface area contributed by atoms with Crippen LogP contribution in [0, 0.1) is 17.8 Å². The highest BCUT2D eigenvalue weighted by atomic mass is 35.5. The molecule has 3 atom stereocenters. The fraction of sp³-hybridized carbons (Fsp3) is 0.538. The molecular formula is C13H15Cl2N. The van der Waals surface area contributed by atoms with E-state index in [9.17, 15) is 0 Å². The molecule has 86 valence electrons. The highest BCUT2D eigenvalue weighted by Gasteiger charge is 2.47. The first-order valence-corrected chi connectivity index (χ1v) is 6.61. The second-order valence-corrected chi connectivity index (χ2v) is 6.02. The standard InChI is InChI=1S/C13H15Cl2N/c14-10-1-2-12(15)11(6-10)13(16)9-4-7-3-8(7)5-9/h1-2,6-9,13H,3-5,16H2. The molecule has 1 aromatic carbocycles. The molecule has 0 spiro atoms. The van der Waals surface area contributed by atoms with Crippen molar-refractivity contribution in [2.45, 2.75) is 25.3 Å². The van der Waals surface area contributed by atoms with Crippen LogP contribution in [0.4, 0.5) is 0 Å². The lowest BCUT2D eigenvalue weighted by atomic mass is 9.90. The van der Waals surface area contributed by atoms with E-state index in [1.54, 1.807) is 0 Å². The van der Waals surface area contributed by atoms with Gasteiger partial charge in [-0.25, -0.2) is 0 Å².